The monoisotopic (exact) mass is 533 g/mol. The highest BCUT2D eigenvalue weighted by Gasteiger charge is 2.46. The number of urea groups is 1. The van der Waals surface area contributed by atoms with Crippen LogP contribution in [0.2, 0.25) is 0 Å². The molecule has 1 saturated heterocycles. The quantitative estimate of drug-likeness (QED) is 0.386. The summed E-state index contributed by atoms with van der Waals surface area (Å²) in [6.07, 6.45) is -1.28. The summed E-state index contributed by atoms with van der Waals surface area (Å²) in [5.41, 5.74) is 1.02. The fourth-order valence-corrected chi connectivity index (χ4v) is 4.62. The van der Waals surface area contributed by atoms with Crippen LogP contribution in [0.3, 0.4) is 0 Å². The van der Waals surface area contributed by atoms with E-state index >= 15 is 0 Å². The van der Waals surface area contributed by atoms with Crippen molar-refractivity contribution in [2.75, 3.05) is 26.2 Å². The summed E-state index contributed by atoms with van der Waals surface area (Å²) < 4.78 is 38.8. The highest BCUT2D eigenvalue weighted by Crippen LogP contribution is 2.24. The van der Waals surface area contributed by atoms with Crippen molar-refractivity contribution in [2.45, 2.75) is 64.7 Å². The number of carbonyl (C=O) groups is 2. The van der Waals surface area contributed by atoms with E-state index in [9.17, 15) is 22.8 Å². The van der Waals surface area contributed by atoms with Gasteiger partial charge in [-0.15, -0.1) is 5.06 Å². The molecule has 3 rings (SSSR count). The second-order valence-corrected chi connectivity index (χ2v) is 10.9. The fraction of sp³-hybridized carbons (Fsp3) is 0.517. The van der Waals surface area contributed by atoms with Gasteiger partial charge in [-0.1, -0.05) is 60.7 Å². The Morgan fingerprint density at radius 3 is 2.00 bits per heavy atom. The van der Waals surface area contributed by atoms with E-state index in [0.29, 0.717) is 23.9 Å². The Kier molecular flexibility index (Phi) is 10.2. The SMILES string of the molecule is CC(C)(C)N(OC(=O)C(F)(F)F)C(=O)N(CCCN1CCC(Cc2ccccc2)CC1)Cc1ccccc1. The summed E-state index contributed by atoms with van der Waals surface area (Å²) in [5, 5.41) is 0.542. The van der Waals surface area contributed by atoms with E-state index in [0.717, 1.165) is 44.5 Å². The molecule has 0 aliphatic carbocycles. The van der Waals surface area contributed by atoms with Gasteiger partial charge in [0, 0.05) is 13.1 Å². The van der Waals surface area contributed by atoms with Crippen molar-refractivity contribution < 1.29 is 27.6 Å². The zero-order chi connectivity index (χ0) is 27.8. The predicted octanol–water partition coefficient (Wildman–Crippen LogP) is 6.07. The second-order valence-electron chi connectivity index (χ2n) is 10.9. The summed E-state index contributed by atoms with van der Waals surface area (Å²) in [7, 11) is 0. The van der Waals surface area contributed by atoms with E-state index in [1.54, 1.807) is 0 Å². The molecule has 1 fully saturated rings. The number of amides is 2. The van der Waals surface area contributed by atoms with Crippen LogP contribution in [0.25, 0.3) is 0 Å². The molecule has 2 amide bonds. The van der Waals surface area contributed by atoms with Crippen LogP contribution >= 0.6 is 0 Å². The van der Waals surface area contributed by atoms with Crippen LogP contribution < -0.4 is 0 Å². The van der Waals surface area contributed by atoms with Crippen LogP contribution in [0.1, 0.15) is 51.2 Å². The van der Waals surface area contributed by atoms with Crippen LogP contribution in [0.15, 0.2) is 60.7 Å². The number of hydroxylamine groups is 2. The maximum atomic E-state index is 13.4. The van der Waals surface area contributed by atoms with Gasteiger partial charge < -0.3 is 14.6 Å². The van der Waals surface area contributed by atoms with Crippen molar-refractivity contribution in [3.8, 4) is 0 Å². The summed E-state index contributed by atoms with van der Waals surface area (Å²) >= 11 is 0. The number of benzene rings is 2. The standard InChI is InChI=1S/C29H38F3N3O3/c1-28(2,3)35(38-26(36)29(30,31)32)27(37)34(22-25-13-8-5-9-14-25)18-10-17-33-19-15-24(16-20-33)21-23-11-6-4-7-12-23/h4-9,11-14,24H,10,15-22H2,1-3H3. The first-order chi connectivity index (χ1) is 17.9. The number of rotatable bonds is 8. The smallest absolute Gasteiger partial charge is 0.328 e. The van der Waals surface area contributed by atoms with E-state index in [1.165, 1.54) is 31.2 Å². The zero-order valence-electron chi connectivity index (χ0n) is 22.4. The molecule has 2 aromatic rings. The van der Waals surface area contributed by atoms with Gasteiger partial charge >= 0.3 is 18.2 Å². The van der Waals surface area contributed by atoms with Crippen molar-refractivity contribution in [1.82, 2.24) is 14.9 Å². The largest absolute Gasteiger partial charge is 0.493 e. The predicted molar refractivity (Wildman–Crippen MR) is 140 cm³/mol. The van der Waals surface area contributed by atoms with Gasteiger partial charge in [0.25, 0.3) is 0 Å². The van der Waals surface area contributed by atoms with Crippen LogP contribution in [0.5, 0.6) is 0 Å². The normalized spacial score (nSPS) is 15.2. The molecule has 1 aliphatic rings. The lowest BCUT2D eigenvalue weighted by Gasteiger charge is -2.37. The van der Waals surface area contributed by atoms with Crippen molar-refractivity contribution in [2.24, 2.45) is 5.92 Å². The summed E-state index contributed by atoms with van der Waals surface area (Å²) in [6, 6.07) is 18.9. The van der Waals surface area contributed by atoms with Gasteiger partial charge in [0.1, 0.15) is 0 Å². The summed E-state index contributed by atoms with van der Waals surface area (Å²) in [5.74, 6) is -1.77. The molecule has 0 saturated carbocycles. The molecule has 0 atom stereocenters. The number of hydrogen-bond acceptors (Lipinski definition) is 4. The van der Waals surface area contributed by atoms with E-state index in [4.69, 9.17) is 0 Å². The Labute approximate surface area is 223 Å². The van der Waals surface area contributed by atoms with Gasteiger partial charge in [0.15, 0.2) is 0 Å². The van der Waals surface area contributed by atoms with Gasteiger partial charge in [-0.2, -0.15) is 13.2 Å². The average Bonchev–Trinajstić information content (AvgIpc) is 2.87. The average molecular weight is 534 g/mol. The number of nitrogens with zero attached hydrogens (tertiary/aromatic N) is 3. The lowest BCUT2D eigenvalue weighted by Crippen LogP contribution is -2.54. The molecule has 0 bridgehead atoms. The minimum atomic E-state index is -5.21. The Balaban J connectivity index is 1.60. The Morgan fingerprint density at radius 1 is 0.921 bits per heavy atom. The Bertz CT molecular complexity index is 1020. The Morgan fingerprint density at radius 2 is 1.47 bits per heavy atom. The maximum absolute atomic E-state index is 13.4. The molecule has 0 radical (unpaired) electrons. The van der Waals surface area contributed by atoms with E-state index in [2.05, 4.69) is 34.0 Å². The van der Waals surface area contributed by atoms with Crippen molar-refractivity contribution in [3.05, 3.63) is 71.8 Å². The topological polar surface area (TPSA) is 53.1 Å². The molecule has 9 heteroatoms. The molecular weight excluding hydrogens is 495 g/mol. The number of halogens is 3. The van der Waals surface area contributed by atoms with Crippen molar-refractivity contribution in [1.29, 1.82) is 0 Å². The number of carbonyl (C=O) groups excluding carboxylic acids is 2. The first-order valence-electron chi connectivity index (χ1n) is 13.1. The summed E-state index contributed by atoms with van der Waals surface area (Å²) in [4.78, 5) is 33.5. The molecule has 6 nitrogen and oxygen atoms in total. The lowest BCUT2D eigenvalue weighted by molar-refractivity contribution is -0.241. The fourth-order valence-electron chi connectivity index (χ4n) is 4.62. The van der Waals surface area contributed by atoms with Gasteiger partial charge in [-0.3, -0.25) is 0 Å². The third-order valence-corrected chi connectivity index (χ3v) is 6.65. The van der Waals surface area contributed by atoms with Crippen LogP contribution in [0, 0.1) is 5.92 Å². The maximum Gasteiger partial charge on any atom is 0.493 e. The molecule has 208 valence electrons. The van der Waals surface area contributed by atoms with Gasteiger partial charge in [0.2, 0.25) is 0 Å². The van der Waals surface area contributed by atoms with Gasteiger partial charge in [0.05, 0.1) is 5.54 Å². The van der Waals surface area contributed by atoms with Crippen molar-refractivity contribution in [3.63, 3.8) is 0 Å². The zero-order valence-corrected chi connectivity index (χ0v) is 22.4. The number of alkyl halides is 3. The van der Waals surface area contributed by atoms with Crippen LogP contribution in [0.4, 0.5) is 18.0 Å². The van der Waals surface area contributed by atoms with Gasteiger partial charge in [-0.25, -0.2) is 9.59 Å². The molecule has 0 spiro atoms. The summed E-state index contributed by atoms with van der Waals surface area (Å²) in [6.45, 7) is 7.79. The first-order valence-corrected chi connectivity index (χ1v) is 13.1. The second kappa shape index (κ2) is 13.1. The molecular formula is C29H38F3N3O3. The molecule has 38 heavy (non-hydrogen) atoms. The number of piperidine rings is 1. The van der Waals surface area contributed by atoms with E-state index in [1.807, 2.05) is 36.4 Å². The molecule has 0 unspecified atom stereocenters. The Hall–Kier alpha value is -3.07. The van der Waals surface area contributed by atoms with Crippen molar-refractivity contribution >= 4 is 12.0 Å². The minimum Gasteiger partial charge on any atom is -0.328 e. The molecule has 1 aliphatic heterocycles. The highest BCUT2D eigenvalue weighted by molar-refractivity contribution is 5.80. The lowest BCUT2D eigenvalue weighted by atomic mass is 9.90. The highest BCUT2D eigenvalue weighted by atomic mass is 19.4. The van der Waals surface area contributed by atoms with Crippen LogP contribution in [-0.4, -0.2) is 64.8 Å². The molecule has 0 N–H and O–H groups in total. The third-order valence-electron chi connectivity index (χ3n) is 6.65. The van der Waals surface area contributed by atoms with Crippen LogP contribution in [-0.2, 0) is 22.6 Å². The molecule has 1 heterocycles. The van der Waals surface area contributed by atoms with E-state index in [-0.39, 0.29) is 6.54 Å². The van der Waals surface area contributed by atoms with Gasteiger partial charge in [-0.05, 0) is 83.1 Å². The van der Waals surface area contributed by atoms with E-state index < -0.39 is 23.7 Å². The number of hydrogen-bond donors (Lipinski definition) is 0. The minimum absolute atomic E-state index is 0.189. The molecule has 2 aromatic carbocycles. The third kappa shape index (κ3) is 9.04. The first kappa shape index (κ1) is 29.5. The number of likely N-dealkylation sites (tertiary alicyclic amines) is 1. The molecule has 0 aromatic heterocycles.